The molecule has 2 aliphatic carbocycles. The molecule has 4 heteroatoms. The molecule has 2 saturated carbocycles. The van der Waals surface area contributed by atoms with E-state index in [1.807, 2.05) is 0 Å². The van der Waals surface area contributed by atoms with Crippen LogP contribution in [-0.2, 0) is 0 Å². The molecule has 0 saturated heterocycles. The molecule has 0 atom stereocenters. The van der Waals surface area contributed by atoms with Crippen molar-refractivity contribution in [3.8, 4) is 0 Å². The number of aromatic nitrogens is 2. The fourth-order valence-corrected chi connectivity index (χ4v) is 1.85. The van der Waals surface area contributed by atoms with Gasteiger partial charge in [-0.05, 0) is 25.7 Å². The summed E-state index contributed by atoms with van der Waals surface area (Å²) < 4.78 is 0. The molecule has 74 valence electrons. The highest BCUT2D eigenvalue weighted by atomic mass is 35.5. The molecule has 3 nitrogen and oxygen atoms in total. The van der Waals surface area contributed by atoms with Crippen molar-refractivity contribution in [1.82, 2.24) is 9.97 Å². The summed E-state index contributed by atoms with van der Waals surface area (Å²) in [5.41, 5.74) is 7.44. The van der Waals surface area contributed by atoms with Crippen LogP contribution in [0.15, 0.2) is 0 Å². The minimum atomic E-state index is 0.448. The second kappa shape index (κ2) is 2.83. The lowest BCUT2D eigenvalue weighted by Crippen LogP contribution is -2.03. The van der Waals surface area contributed by atoms with Crippen LogP contribution in [0.5, 0.6) is 0 Å². The van der Waals surface area contributed by atoms with Crippen LogP contribution in [0.2, 0.25) is 5.15 Å². The van der Waals surface area contributed by atoms with Gasteiger partial charge in [-0.25, -0.2) is 9.97 Å². The third kappa shape index (κ3) is 1.36. The highest BCUT2D eigenvalue weighted by Crippen LogP contribution is 2.45. The maximum absolute atomic E-state index is 5.99. The van der Waals surface area contributed by atoms with Crippen LogP contribution < -0.4 is 5.73 Å². The molecule has 0 unspecified atom stereocenters. The third-order valence-corrected chi connectivity index (χ3v) is 3.14. The van der Waals surface area contributed by atoms with Crippen molar-refractivity contribution in [2.75, 3.05) is 5.73 Å². The number of nitrogen functional groups attached to an aromatic ring is 1. The molecule has 14 heavy (non-hydrogen) atoms. The number of halogens is 1. The van der Waals surface area contributed by atoms with Gasteiger partial charge >= 0.3 is 0 Å². The number of nitrogens with zero attached hydrogens (tertiary/aromatic N) is 2. The molecule has 1 aromatic heterocycles. The number of hydrogen-bond acceptors (Lipinski definition) is 3. The molecule has 0 amide bonds. The Morgan fingerprint density at radius 1 is 1.07 bits per heavy atom. The molecule has 3 rings (SSSR count). The average Bonchev–Trinajstić information content (AvgIpc) is 3.04. The molecular weight excluding hydrogens is 198 g/mol. The zero-order chi connectivity index (χ0) is 9.71. The molecule has 0 aliphatic heterocycles. The van der Waals surface area contributed by atoms with E-state index in [-0.39, 0.29) is 0 Å². The van der Waals surface area contributed by atoms with E-state index >= 15 is 0 Å². The van der Waals surface area contributed by atoms with Crippen LogP contribution in [0, 0.1) is 0 Å². The van der Waals surface area contributed by atoms with E-state index in [2.05, 4.69) is 9.97 Å². The van der Waals surface area contributed by atoms with Crippen LogP contribution in [0.4, 0.5) is 5.69 Å². The molecule has 0 spiro atoms. The lowest BCUT2D eigenvalue weighted by atomic mass is 10.2. The third-order valence-electron chi connectivity index (χ3n) is 2.85. The summed E-state index contributed by atoms with van der Waals surface area (Å²) in [6.07, 6.45) is 4.79. The van der Waals surface area contributed by atoms with Gasteiger partial charge in [0.1, 0.15) is 5.82 Å². The van der Waals surface area contributed by atoms with E-state index < -0.39 is 0 Å². The minimum Gasteiger partial charge on any atom is -0.395 e. The highest BCUT2D eigenvalue weighted by Gasteiger charge is 2.32. The zero-order valence-corrected chi connectivity index (χ0v) is 8.59. The Balaban J connectivity index is 2.06. The van der Waals surface area contributed by atoms with Gasteiger partial charge in [0.25, 0.3) is 0 Å². The van der Waals surface area contributed by atoms with Gasteiger partial charge in [0.05, 0.1) is 11.4 Å². The molecule has 0 bridgehead atoms. The fourth-order valence-electron chi connectivity index (χ4n) is 1.67. The predicted molar refractivity (Wildman–Crippen MR) is 55.4 cm³/mol. The zero-order valence-electron chi connectivity index (χ0n) is 7.83. The van der Waals surface area contributed by atoms with Gasteiger partial charge in [0.2, 0.25) is 0 Å². The highest BCUT2D eigenvalue weighted by molar-refractivity contribution is 6.31. The Bertz CT molecular complexity index is 383. The molecule has 2 N–H and O–H groups in total. The van der Waals surface area contributed by atoms with Crippen molar-refractivity contribution >= 4 is 17.3 Å². The molecule has 0 radical (unpaired) electrons. The largest absolute Gasteiger partial charge is 0.395 e. The maximum Gasteiger partial charge on any atom is 0.155 e. The van der Waals surface area contributed by atoms with Gasteiger partial charge in [0, 0.05) is 11.8 Å². The van der Waals surface area contributed by atoms with Gasteiger partial charge in [-0.3, -0.25) is 0 Å². The molecule has 0 aromatic carbocycles. The second-order valence-electron chi connectivity index (χ2n) is 4.22. The Labute approximate surface area is 87.7 Å². The van der Waals surface area contributed by atoms with Crippen molar-refractivity contribution in [3.63, 3.8) is 0 Å². The van der Waals surface area contributed by atoms with Crippen LogP contribution in [-0.4, -0.2) is 9.97 Å². The standard InChI is InChI=1S/C10H12ClN3/c11-9-7(12)8(5-1-2-5)13-10(14-9)6-3-4-6/h5-6H,1-4,12H2. The minimum absolute atomic E-state index is 0.448. The van der Waals surface area contributed by atoms with Crippen molar-refractivity contribution < 1.29 is 0 Å². The molecule has 2 fully saturated rings. The van der Waals surface area contributed by atoms with Crippen LogP contribution >= 0.6 is 11.6 Å². The van der Waals surface area contributed by atoms with Gasteiger partial charge in [-0.1, -0.05) is 11.6 Å². The van der Waals surface area contributed by atoms with Crippen LogP contribution in [0.3, 0.4) is 0 Å². The molecule has 1 aromatic rings. The van der Waals surface area contributed by atoms with Crippen molar-refractivity contribution in [1.29, 1.82) is 0 Å². The fraction of sp³-hybridized carbons (Fsp3) is 0.600. The maximum atomic E-state index is 5.99. The molecular formula is C10H12ClN3. The first-order valence-corrected chi connectivity index (χ1v) is 5.46. The Morgan fingerprint density at radius 3 is 2.29 bits per heavy atom. The number of hydrogen-bond donors (Lipinski definition) is 1. The topological polar surface area (TPSA) is 51.8 Å². The normalized spacial score (nSPS) is 21.2. The number of rotatable bonds is 2. The predicted octanol–water partition coefficient (Wildman–Crippen LogP) is 2.47. The van der Waals surface area contributed by atoms with Crippen LogP contribution in [0.25, 0.3) is 0 Å². The van der Waals surface area contributed by atoms with E-state index in [1.165, 1.54) is 25.7 Å². The van der Waals surface area contributed by atoms with E-state index in [1.54, 1.807) is 0 Å². The molecule has 2 aliphatic rings. The van der Waals surface area contributed by atoms with Gasteiger partial charge in [0.15, 0.2) is 5.15 Å². The summed E-state index contributed by atoms with van der Waals surface area (Å²) in [5.74, 6) is 2.00. The van der Waals surface area contributed by atoms with E-state index in [0.717, 1.165) is 11.5 Å². The monoisotopic (exact) mass is 209 g/mol. The summed E-state index contributed by atoms with van der Waals surface area (Å²) in [4.78, 5) is 8.77. The Kier molecular flexibility index (Phi) is 1.71. The lowest BCUT2D eigenvalue weighted by Gasteiger charge is -2.07. The smallest absolute Gasteiger partial charge is 0.155 e. The van der Waals surface area contributed by atoms with E-state index in [4.69, 9.17) is 17.3 Å². The Hall–Kier alpha value is -0.830. The quantitative estimate of drug-likeness (QED) is 0.762. The van der Waals surface area contributed by atoms with Crippen molar-refractivity contribution in [2.24, 2.45) is 0 Å². The van der Waals surface area contributed by atoms with Crippen molar-refractivity contribution in [3.05, 3.63) is 16.7 Å². The average molecular weight is 210 g/mol. The summed E-state index contributed by atoms with van der Waals surface area (Å²) >= 11 is 5.99. The lowest BCUT2D eigenvalue weighted by molar-refractivity contribution is 0.878. The summed E-state index contributed by atoms with van der Waals surface area (Å²) in [5, 5.41) is 0.448. The van der Waals surface area contributed by atoms with Crippen LogP contribution in [0.1, 0.15) is 49.0 Å². The Morgan fingerprint density at radius 2 is 1.71 bits per heavy atom. The first kappa shape index (κ1) is 8.48. The first-order valence-electron chi connectivity index (χ1n) is 5.08. The van der Waals surface area contributed by atoms with Gasteiger partial charge < -0.3 is 5.73 Å². The summed E-state index contributed by atoms with van der Waals surface area (Å²) in [6, 6.07) is 0. The number of nitrogens with two attached hydrogens (primary N) is 1. The summed E-state index contributed by atoms with van der Waals surface area (Å²) in [6.45, 7) is 0. The van der Waals surface area contributed by atoms with E-state index in [0.29, 0.717) is 22.7 Å². The van der Waals surface area contributed by atoms with Crippen molar-refractivity contribution in [2.45, 2.75) is 37.5 Å². The number of anilines is 1. The van der Waals surface area contributed by atoms with Gasteiger partial charge in [-0.2, -0.15) is 0 Å². The van der Waals surface area contributed by atoms with E-state index in [9.17, 15) is 0 Å². The van der Waals surface area contributed by atoms with Gasteiger partial charge in [-0.15, -0.1) is 0 Å². The summed E-state index contributed by atoms with van der Waals surface area (Å²) in [7, 11) is 0. The SMILES string of the molecule is Nc1c(Cl)nc(C2CC2)nc1C1CC1. The molecule has 1 heterocycles. The second-order valence-corrected chi connectivity index (χ2v) is 4.58. The first-order chi connectivity index (χ1) is 6.75.